The molecular weight excluding hydrogens is 372 g/mol. The van der Waals surface area contributed by atoms with E-state index >= 15 is 0 Å². The lowest BCUT2D eigenvalue weighted by molar-refractivity contribution is -0.892. The molecule has 0 bridgehead atoms. The zero-order chi connectivity index (χ0) is 21.1. The second-order valence-electron chi connectivity index (χ2n) is 8.79. The van der Waals surface area contributed by atoms with Crippen LogP contribution in [0.25, 0.3) is 0 Å². The Kier molecular flexibility index (Phi) is 6.28. The van der Waals surface area contributed by atoms with E-state index in [2.05, 4.69) is 77.9 Å². The zero-order valence-electron chi connectivity index (χ0n) is 18.7. The molecule has 2 aliphatic heterocycles. The Labute approximate surface area is 180 Å². The molecule has 0 aromatic heterocycles. The first-order valence-corrected chi connectivity index (χ1v) is 11.3. The van der Waals surface area contributed by atoms with Crippen molar-refractivity contribution in [2.45, 2.75) is 20.8 Å². The molecule has 0 aliphatic carbocycles. The van der Waals surface area contributed by atoms with E-state index in [-0.39, 0.29) is 0 Å². The number of amides is 1. The minimum atomic E-state index is 0.315. The lowest BCUT2D eigenvalue weighted by Crippen LogP contribution is -3.16. The molecule has 2 aliphatic rings. The van der Waals surface area contributed by atoms with Gasteiger partial charge in [0.1, 0.15) is 0 Å². The van der Waals surface area contributed by atoms with E-state index in [4.69, 9.17) is 0 Å². The number of piperazine rings is 2. The molecule has 0 saturated carbocycles. The first-order chi connectivity index (χ1) is 14.5. The molecular formula is C25H35N4O+. The quantitative estimate of drug-likeness (QED) is 0.837. The molecule has 0 unspecified atom stereocenters. The fourth-order valence-electron chi connectivity index (χ4n) is 4.76. The number of nitrogens with one attached hydrogen (secondary N) is 1. The van der Waals surface area contributed by atoms with Gasteiger partial charge in [0, 0.05) is 37.6 Å². The third-order valence-electron chi connectivity index (χ3n) is 6.88. The van der Waals surface area contributed by atoms with E-state index in [1.54, 1.807) is 0 Å². The average Bonchev–Trinajstić information content (AvgIpc) is 2.77. The van der Waals surface area contributed by atoms with E-state index in [0.717, 1.165) is 52.4 Å². The Morgan fingerprint density at radius 2 is 1.37 bits per heavy atom. The number of aryl methyl sites for hydroxylation is 2. The number of hydrogen-bond donors (Lipinski definition) is 1. The van der Waals surface area contributed by atoms with Crippen LogP contribution in [-0.2, 0) is 4.79 Å². The minimum Gasteiger partial charge on any atom is -0.368 e. The summed E-state index contributed by atoms with van der Waals surface area (Å²) in [5, 5.41) is 0. The summed E-state index contributed by atoms with van der Waals surface area (Å²) in [5.74, 6) is 0.315. The van der Waals surface area contributed by atoms with Crippen molar-refractivity contribution in [2.24, 2.45) is 0 Å². The molecule has 2 fully saturated rings. The Morgan fingerprint density at radius 1 is 0.767 bits per heavy atom. The van der Waals surface area contributed by atoms with E-state index in [1.165, 1.54) is 33.0 Å². The molecule has 5 nitrogen and oxygen atoms in total. The van der Waals surface area contributed by atoms with Gasteiger partial charge in [0.05, 0.1) is 26.2 Å². The van der Waals surface area contributed by atoms with Gasteiger partial charge in [-0.25, -0.2) is 0 Å². The SMILES string of the molecule is Cc1ccccc1N1CC[NH+](CC(=O)N2CCN(c3cccc(C)c3C)CC2)CC1. The molecule has 2 aromatic carbocycles. The van der Waals surface area contributed by atoms with E-state index in [1.807, 2.05) is 0 Å². The third-order valence-corrected chi connectivity index (χ3v) is 6.88. The number of hydrogen-bond acceptors (Lipinski definition) is 3. The molecule has 0 spiro atoms. The molecule has 2 heterocycles. The summed E-state index contributed by atoms with van der Waals surface area (Å²) in [5.41, 5.74) is 6.68. The highest BCUT2D eigenvalue weighted by atomic mass is 16.2. The maximum Gasteiger partial charge on any atom is 0.277 e. The van der Waals surface area contributed by atoms with E-state index in [9.17, 15) is 4.79 Å². The second-order valence-corrected chi connectivity index (χ2v) is 8.79. The highest BCUT2D eigenvalue weighted by Crippen LogP contribution is 2.24. The highest BCUT2D eigenvalue weighted by molar-refractivity contribution is 5.77. The van der Waals surface area contributed by atoms with Crippen molar-refractivity contribution in [3.05, 3.63) is 59.2 Å². The molecule has 5 heteroatoms. The summed E-state index contributed by atoms with van der Waals surface area (Å²) in [4.78, 5) is 21.3. The highest BCUT2D eigenvalue weighted by Gasteiger charge is 2.27. The van der Waals surface area contributed by atoms with Gasteiger partial charge in [-0.15, -0.1) is 0 Å². The number of nitrogens with zero attached hydrogens (tertiary/aromatic N) is 3. The normalized spacial score (nSPS) is 18.0. The zero-order valence-corrected chi connectivity index (χ0v) is 18.7. The second kappa shape index (κ2) is 9.09. The van der Waals surface area contributed by atoms with Crippen LogP contribution in [0, 0.1) is 20.8 Å². The predicted octanol–water partition coefficient (Wildman–Crippen LogP) is 1.67. The standard InChI is InChI=1S/C25H34N4O/c1-20-8-6-10-24(22(20)3)28-15-17-29(18-16-28)25(30)19-26-11-13-27(14-12-26)23-9-5-4-7-21(23)2/h4-10H,11-19H2,1-3H3/p+1. The van der Waals surface area contributed by atoms with Crippen molar-refractivity contribution in [3.8, 4) is 0 Å². The number of benzene rings is 2. The topological polar surface area (TPSA) is 31.2 Å². The lowest BCUT2D eigenvalue weighted by Gasteiger charge is -2.38. The van der Waals surface area contributed by atoms with Crippen LogP contribution in [0.3, 0.4) is 0 Å². The Balaban J connectivity index is 1.26. The maximum absolute atomic E-state index is 12.9. The summed E-state index contributed by atoms with van der Waals surface area (Å²) in [6.07, 6.45) is 0. The number of carbonyl (C=O) groups excluding carboxylic acids is 1. The monoisotopic (exact) mass is 407 g/mol. The summed E-state index contributed by atoms with van der Waals surface area (Å²) in [6.45, 7) is 14.8. The van der Waals surface area contributed by atoms with Gasteiger partial charge in [-0.1, -0.05) is 30.3 Å². The van der Waals surface area contributed by atoms with Gasteiger partial charge >= 0.3 is 0 Å². The van der Waals surface area contributed by atoms with Gasteiger partial charge in [0.25, 0.3) is 5.91 Å². The fraction of sp³-hybridized carbons (Fsp3) is 0.480. The fourth-order valence-corrected chi connectivity index (χ4v) is 4.76. The van der Waals surface area contributed by atoms with Crippen LogP contribution < -0.4 is 14.7 Å². The van der Waals surface area contributed by atoms with Crippen molar-refractivity contribution in [1.82, 2.24) is 4.90 Å². The lowest BCUT2D eigenvalue weighted by atomic mass is 10.1. The minimum absolute atomic E-state index is 0.315. The molecule has 0 atom stereocenters. The summed E-state index contributed by atoms with van der Waals surface area (Å²) in [7, 11) is 0. The van der Waals surface area contributed by atoms with Gasteiger partial charge in [-0.2, -0.15) is 0 Å². The summed E-state index contributed by atoms with van der Waals surface area (Å²) < 4.78 is 0. The van der Waals surface area contributed by atoms with E-state index in [0.29, 0.717) is 12.5 Å². The van der Waals surface area contributed by atoms with Crippen LogP contribution in [0.5, 0.6) is 0 Å². The first-order valence-electron chi connectivity index (χ1n) is 11.3. The number of para-hydroxylation sites is 1. The molecule has 2 aromatic rings. The molecule has 1 N–H and O–H groups in total. The number of quaternary nitrogens is 1. The number of anilines is 2. The Bertz CT molecular complexity index is 880. The average molecular weight is 408 g/mol. The van der Waals surface area contributed by atoms with Crippen molar-refractivity contribution in [1.29, 1.82) is 0 Å². The number of rotatable bonds is 4. The van der Waals surface area contributed by atoms with Gasteiger partial charge in [0.2, 0.25) is 0 Å². The molecule has 4 rings (SSSR count). The van der Waals surface area contributed by atoms with Crippen LogP contribution in [0.1, 0.15) is 16.7 Å². The largest absolute Gasteiger partial charge is 0.368 e. The van der Waals surface area contributed by atoms with Crippen LogP contribution in [0.2, 0.25) is 0 Å². The molecule has 0 radical (unpaired) electrons. The third kappa shape index (κ3) is 4.46. The van der Waals surface area contributed by atoms with Gasteiger partial charge in [-0.05, 0) is 49.6 Å². The smallest absolute Gasteiger partial charge is 0.277 e. The van der Waals surface area contributed by atoms with E-state index < -0.39 is 0 Å². The van der Waals surface area contributed by atoms with Crippen LogP contribution in [0.4, 0.5) is 11.4 Å². The number of carbonyl (C=O) groups is 1. The Hall–Kier alpha value is -2.53. The van der Waals surface area contributed by atoms with Gasteiger partial charge < -0.3 is 19.6 Å². The predicted molar refractivity (Wildman–Crippen MR) is 124 cm³/mol. The summed E-state index contributed by atoms with van der Waals surface area (Å²) >= 11 is 0. The van der Waals surface area contributed by atoms with Gasteiger partial charge in [0.15, 0.2) is 6.54 Å². The van der Waals surface area contributed by atoms with Crippen LogP contribution in [-0.4, -0.2) is 69.7 Å². The van der Waals surface area contributed by atoms with Crippen molar-refractivity contribution in [3.63, 3.8) is 0 Å². The molecule has 30 heavy (non-hydrogen) atoms. The molecule has 1 amide bonds. The molecule has 160 valence electrons. The van der Waals surface area contributed by atoms with Crippen LogP contribution in [0.15, 0.2) is 42.5 Å². The van der Waals surface area contributed by atoms with Crippen LogP contribution >= 0.6 is 0 Å². The van der Waals surface area contributed by atoms with Crippen molar-refractivity contribution in [2.75, 3.05) is 68.7 Å². The maximum atomic E-state index is 12.9. The first kappa shape index (κ1) is 20.7. The van der Waals surface area contributed by atoms with Gasteiger partial charge in [-0.3, -0.25) is 4.79 Å². The van der Waals surface area contributed by atoms with Crippen molar-refractivity contribution >= 4 is 17.3 Å². The summed E-state index contributed by atoms with van der Waals surface area (Å²) in [6, 6.07) is 15.1. The molecule has 2 saturated heterocycles. The van der Waals surface area contributed by atoms with Crippen molar-refractivity contribution < 1.29 is 9.69 Å². The Morgan fingerprint density at radius 3 is 2.07 bits per heavy atom.